The van der Waals surface area contributed by atoms with Crippen LogP contribution < -0.4 is 4.90 Å². The van der Waals surface area contributed by atoms with Gasteiger partial charge in [0, 0.05) is 54.0 Å². The number of piperazine rings is 1. The van der Waals surface area contributed by atoms with Gasteiger partial charge >= 0.3 is 0 Å². The summed E-state index contributed by atoms with van der Waals surface area (Å²) >= 11 is 5.98. The number of nitrogens with zero attached hydrogens (tertiary/aromatic N) is 3. The standard InChI is InChI=1S/C20H22ClN3/c1-16-14-24(20-5-3-2-4-19(16)20)15-22-10-12-23(13-11-22)18-8-6-17(21)7-9-18/h2-9,14H,10-13,15H2,1H3. The zero-order chi connectivity index (χ0) is 16.5. The van der Waals surface area contributed by atoms with Gasteiger partial charge in [-0.05, 0) is 42.8 Å². The summed E-state index contributed by atoms with van der Waals surface area (Å²) in [5.41, 5.74) is 3.95. The highest BCUT2D eigenvalue weighted by atomic mass is 35.5. The highest BCUT2D eigenvalue weighted by Gasteiger charge is 2.18. The van der Waals surface area contributed by atoms with E-state index >= 15 is 0 Å². The molecular formula is C20H22ClN3. The minimum Gasteiger partial charge on any atom is -0.369 e. The van der Waals surface area contributed by atoms with Crippen molar-refractivity contribution in [1.82, 2.24) is 9.47 Å². The minimum atomic E-state index is 0.798. The molecule has 1 saturated heterocycles. The van der Waals surface area contributed by atoms with Crippen LogP contribution in [0.25, 0.3) is 10.9 Å². The molecule has 3 nitrogen and oxygen atoms in total. The Kier molecular flexibility index (Phi) is 4.21. The van der Waals surface area contributed by atoms with Crippen LogP contribution in [0.3, 0.4) is 0 Å². The number of aryl methyl sites for hydroxylation is 1. The van der Waals surface area contributed by atoms with Crippen LogP contribution in [0.15, 0.2) is 54.7 Å². The molecule has 0 amide bonds. The molecule has 4 heteroatoms. The molecule has 0 unspecified atom stereocenters. The fourth-order valence-corrected chi connectivity index (χ4v) is 3.69. The summed E-state index contributed by atoms with van der Waals surface area (Å²) in [6, 6.07) is 16.8. The second-order valence-corrected chi connectivity index (χ2v) is 6.96. The Bertz CT molecular complexity index is 830. The molecule has 1 aliphatic rings. The zero-order valence-corrected chi connectivity index (χ0v) is 14.7. The van der Waals surface area contributed by atoms with E-state index in [1.807, 2.05) is 12.1 Å². The molecule has 0 saturated carbocycles. The average Bonchev–Trinajstić information content (AvgIpc) is 2.93. The van der Waals surface area contributed by atoms with Crippen molar-refractivity contribution >= 4 is 28.2 Å². The summed E-state index contributed by atoms with van der Waals surface area (Å²) in [7, 11) is 0. The number of hydrogen-bond donors (Lipinski definition) is 0. The van der Waals surface area contributed by atoms with Gasteiger partial charge in [0.05, 0.1) is 6.67 Å². The van der Waals surface area contributed by atoms with Crippen molar-refractivity contribution in [3.63, 3.8) is 0 Å². The predicted molar refractivity (Wildman–Crippen MR) is 102 cm³/mol. The summed E-state index contributed by atoms with van der Waals surface area (Å²) in [5, 5.41) is 2.16. The van der Waals surface area contributed by atoms with Gasteiger partial charge in [0.2, 0.25) is 0 Å². The molecule has 1 fully saturated rings. The van der Waals surface area contributed by atoms with Crippen molar-refractivity contribution in [1.29, 1.82) is 0 Å². The maximum absolute atomic E-state index is 5.98. The van der Waals surface area contributed by atoms with Crippen LogP contribution in [0, 0.1) is 6.92 Å². The van der Waals surface area contributed by atoms with Crippen molar-refractivity contribution in [2.75, 3.05) is 31.1 Å². The van der Waals surface area contributed by atoms with Gasteiger partial charge in [-0.25, -0.2) is 0 Å². The van der Waals surface area contributed by atoms with E-state index in [-0.39, 0.29) is 0 Å². The largest absolute Gasteiger partial charge is 0.369 e. The second kappa shape index (κ2) is 6.50. The Balaban J connectivity index is 1.43. The lowest BCUT2D eigenvalue weighted by molar-refractivity contribution is 0.209. The third-order valence-electron chi connectivity index (χ3n) is 4.90. The maximum atomic E-state index is 5.98. The van der Waals surface area contributed by atoms with E-state index in [0.717, 1.165) is 37.9 Å². The van der Waals surface area contributed by atoms with E-state index in [4.69, 9.17) is 11.6 Å². The van der Waals surface area contributed by atoms with Crippen molar-refractivity contribution in [3.05, 3.63) is 65.3 Å². The molecule has 2 aromatic carbocycles. The van der Waals surface area contributed by atoms with Crippen molar-refractivity contribution < 1.29 is 0 Å². The van der Waals surface area contributed by atoms with Gasteiger partial charge in [0.25, 0.3) is 0 Å². The first-order valence-electron chi connectivity index (χ1n) is 8.48. The summed E-state index contributed by atoms with van der Waals surface area (Å²) in [4.78, 5) is 4.96. The number of rotatable bonds is 3. The molecule has 0 aliphatic carbocycles. The van der Waals surface area contributed by atoms with E-state index in [1.54, 1.807) is 0 Å². The number of para-hydroxylation sites is 1. The molecule has 0 bridgehead atoms. The van der Waals surface area contributed by atoms with E-state index in [9.17, 15) is 0 Å². The average molecular weight is 340 g/mol. The SMILES string of the molecule is Cc1cn(CN2CCN(c3ccc(Cl)cc3)CC2)c2ccccc12. The van der Waals surface area contributed by atoms with E-state index in [0.29, 0.717) is 0 Å². The van der Waals surface area contributed by atoms with Gasteiger partial charge in [-0.15, -0.1) is 0 Å². The Morgan fingerprint density at radius 1 is 0.917 bits per heavy atom. The summed E-state index contributed by atoms with van der Waals surface area (Å²) in [6.45, 7) is 7.42. The molecule has 4 rings (SSSR count). The third kappa shape index (κ3) is 3.02. The summed E-state index contributed by atoms with van der Waals surface area (Å²) in [5.74, 6) is 0. The molecule has 0 N–H and O–H groups in total. The maximum Gasteiger partial charge on any atom is 0.0752 e. The number of benzene rings is 2. The van der Waals surface area contributed by atoms with Crippen LogP contribution in [0.2, 0.25) is 5.02 Å². The Labute approximate surface area is 148 Å². The predicted octanol–water partition coefficient (Wildman–Crippen LogP) is 4.38. The lowest BCUT2D eigenvalue weighted by atomic mass is 10.2. The number of aromatic nitrogens is 1. The molecule has 1 aromatic heterocycles. The van der Waals surface area contributed by atoms with Gasteiger partial charge in [0.1, 0.15) is 0 Å². The molecule has 124 valence electrons. The lowest BCUT2D eigenvalue weighted by Gasteiger charge is -2.36. The van der Waals surface area contributed by atoms with Crippen LogP contribution >= 0.6 is 11.6 Å². The molecular weight excluding hydrogens is 318 g/mol. The highest BCUT2D eigenvalue weighted by Crippen LogP contribution is 2.22. The first kappa shape index (κ1) is 15.6. The Hall–Kier alpha value is -1.97. The lowest BCUT2D eigenvalue weighted by Crippen LogP contribution is -2.46. The normalized spacial score (nSPS) is 16.0. The van der Waals surface area contributed by atoms with E-state index in [1.165, 1.54) is 22.2 Å². The number of halogens is 1. The smallest absolute Gasteiger partial charge is 0.0752 e. The molecule has 24 heavy (non-hydrogen) atoms. The highest BCUT2D eigenvalue weighted by molar-refractivity contribution is 6.30. The molecule has 0 atom stereocenters. The van der Waals surface area contributed by atoms with Crippen LogP contribution in [0.4, 0.5) is 5.69 Å². The zero-order valence-electron chi connectivity index (χ0n) is 14.0. The van der Waals surface area contributed by atoms with E-state index < -0.39 is 0 Å². The topological polar surface area (TPSA) is 11.4 Å². The Morgan fingerprint density at radius 3 is 2.38 bits per heavy atom. The van der Waals surface area contributed by atoms with Gasteiger partial charge in [-0.1, -0.05) is 29.8 Å². The van der Waals surface area contributed by atoms with Crippen LogP contribution in [-0.4, -0.2) is 35.6 Å². The van der Waals surface area contributed by atoms with E-state index in [2.05, 4.69) is 63.9 Å². The van der Waals surface area contributed by atoms with Gasteiger partial charge < -0.3 is 9.47 Å². The molecule has 1 aliphatic heterocycles. The minimum absolute atomic E-state index is 0.798. The fourth-order valence-electron chi connectivity index (χ4n) is 3.56. The fraction of sp³-hybridized carbons (Fsp3) is 0.300. The monoisotopic (exact) mass is 339 g/mol. The molecule has 3 aromatic rings. The summed E-state index contributed by atoms with van der Waals surface area (Å²) in [6.07, 6.45) is 2.27. The Morgan fingerprint density at radius 2 is 1.62 bits per heavy atom. The van der Waals surface area contributed by atoms with Crippen LogP contribution in [0.5, 0.6) is 0 Å². The first-order chi connectivity index (χ1) is 11.7. The van der Waals surface area contributed by atoms with Gasteiger partial charge in [-0.2, -0.15) is 0 Å². The number of hydrogen-bond acceptors (Lipinski definition) is 2. The molecule has 2 heterocycles. The first-order valence-corrected chi connectivity index (χ1v) is 8.86. The van der Waals surface area contributed by atoms with Gasteiger partial charge in [0.15, 0.2) is 0 Å². The molecule has 0 radical (unpaired) electrons. The number of anilines is 1. The van der Waals surface area contributed by atoms with Crippen molar-refractivity contribution in [2.24, 2.45) is 0 Å². The second-order valence-electron chi connectivity index (χ2n) is 6.52. The van der Waals surface area contributed by atoms with Crippen LogP contribution in [0.1, 0.15) is 5.56 Å². The number of fused-ring (bicyclic) bond motifs is 1. The molecule has 0 spiro atoms. The quantitative estimate of drug-likeness (QED) is 0.701. The van der Waals surface area contributed by atoms with Crippen LogP contribution in [-0.2, 0) is 6.67 Å². The third-order valence-corrected chi connectivity index (χ3v) is 5.16. The van der Waals surface area contributed by atoms with Crippen molar-refractivity contribution in [3.8, 4) is 0 Å². The summed E-state index contributed by atoms with van der Waals surface area (Å²) < 4.78 is 2.38. The van der Waals surface area contributed by atoms with Crippen molar-refractivity contribution in [2.45, 2.75) is 13.6 Å². The van der Waals surface area contributed by atoms with Gasteiger partial charge in [-0.3, -0.25) is 4.90 Å².